The predicted molar refractivity (Wildman–Crippen MR) is 108 cm³/mol. The fourth-order valence-corrected chi connectivity index (χ4v) is 3.27. The molecule has 152 valence electrons. The van der Waals surface area contributed by atoms with E-state index in [4.69, 9.17) is 0 Å². The van der Waals surface area contributed by atoms with Gasteiger partial charge in [-0.05, 0) is 12.8 Å². The van der Waals surface area contributed by atoms with Gasteiger partial charge in [0.1, 0.15) is 6.54 Å². The van der Waals surface area contributed by atoms with E-state index in [0.29, 0.717) is 6.42 Å². The summed E-state index contributed by atoms with van der Waals surface area (Å²) in [6, 6.07) is 6.26. The Balaban J connectivity index is 0.000000488. The van der Waals surface area contributed by atoms with E-state index >= 15 is 0 Å². The summed E-state index contributed by atoms with van der Waals surface area (Å²) in [5, 5.41) is 0. The minimum absolute atomic E-state index is 0.195. The maximum atomic E-state index is 10.2. The molecule has 26 heavy (non-hydrogen) atoms. The molecule has 0 aliphatic carbocycles. The summed E-state index contributed by atoms with van der Waals surface area (Å²) >= 11 is 0. The maximum absolute atomic E-state index is 10.2. The molecule has 1 heterocycles. The van der Waals surface area contributed by atoms with Crippen molar-refractivity contribution in [3.8, 4) is 0 Å². The Morgan fingerprint density at radius 2 is 1.15 bits per heavy atom. The molecule has 0 aromatic carbocycles. The molecule has 0 saturated carbocycles. The van der Waals surface area contributed by atoms with E-state index in [1.165, 1.54) is 57.9 Å². The minimum Gasteiger partial charge on any atom is -0.748 e. The van der Waals surface area contributed by atoms with Crippen molar-refractivity contribution >= 4 is 10.1 Å². The first kappa shape index (κ1) is 25.1. The molecule has 0 bridgehead atoms. The first-order valence-electron chi connectivity index (χ1n) is 10.4. The number of unbranched alkanes of at least 4 members (excludes halogenated alkanes) is 10. The molecule has 0 fully saturated rings. The lowest BCUT2D eigenvalue weighted by atomic mass is 10.1. The van der Waals surface area contributed by atoms with Crippen LogP contribution in [0.25, 0.3) is 0 Å². The molecule has 1 rings (SSSR count). The Labute approximate surface area is 161 Å². The van der Waals surface area contributed by atoms with Gasteiger partial charge in [0.2, 0.25) is 0 Å². The second-order valence-corrected chi connectivity index (χ2v) is 8.43. The van der Waals surface area contributed by atoms with Crippen LogP contribution in [-0.2, 0) is 16.7 Å². The smallest absolute Gasteiger partial charge is 0.168 e. The van der Waals surface area contributed by atoms with Crippen LogP contribution < -0.4 is 4.57 Å². The topological polar surface area (TPSA) is 61.1 Å². The first-order valence-corrected chi connectivity index (χ1v) is 11.9. The summed E-state index contributed by atoms with van der Waals surface area (Å²) in [5.41, 5.74) is 0. The van der Waals surface area contributed by atoms with Crippen LogP contribution >= 0.6 is 0 Å². The molecule has 0 spiro atoms. The Hall–Kier alpha value is -0.940. The molecule has 0 aliphatic heterocycles. The summed E-state index contributed by atoms with van der Waals surface area (Å²) in [4.78, 5) is 0. The molecule has 5 heteroatoms. The van der Waals surface area contributed by atoms with Crippen LogP contribution in [0.4, 0.5) is 0 Å². The molecule has 0 saturated heterocycles. The Morgan fingerprint density at radius 1 is 0.692 bits per heavy atom. The fraction of sp³-hybridized carbons (Fsp3) is 0.762. The molecule has 0 N–H and O–H groups in total. The van der Waals surface area contributed by atoms with Gasteiger partial charge in [-0.2, -0.15) is 0 Å². The van der Waals surface area contributed by atoms with Crippen molar-refractivity contribution in [3.05, 3.63) is 30.6 Å². The van der Waals surface area contributed by atoms with Crippen LogP contribution in [0.15, 0.2) is 30.6 Å². The molecule has 0 aliphatic rings. The summed E-state index contributed by atoms with van der Waals surface area (Å²) in [7, 11) is -3.97. The van der Waals surface area contributed by atoms with Crippen molar-refractivity contribution in [2.45, 2.75) is 97.4 Å². The summed E-state index contributed by atoms with van der Waals surface area (Å²) in [6.07, 6.45) is 18.5. The van der Waals surface area contributed by atoms with Crippen LogP contribution in [0.1, 0.15) is 90.9 Å². The van der Waals surface area contributed by atoms with Crippen LogP contribution in [0.5, 0.6) is 0 Å². The van der Waals surface area contributed by atoms with Gasteiger partial charge < -0.3 is 4.55 Å². The van der Waals surface area contributed by atoms with Gasteiger partial charge in [-0.1, -0.05) is 77.7 Å². The highest BCUT2D eigenvalue weighted by Gasteiger charge is 1.97. The molecule has 1 aromatic rings. The lowest BCUT2D eigenvalue weighted by Gasteiger charge is -2.05. The van der Waals surface area contributed by atoms with Gasteiger partial charge in [0, 0.05) is 24.3 Å². The zero-order chi connectivity index (χ0) is 19.5. The van der Waals surface area contributed by atoms with Crippen molar-refractivity contribution < 1.29 is 17.5 Å². The molecule has 0 atom stereocenters. The van der Waals surface area contributed by atoms with E-state index in [1.54, 1.807) is 0 Å². The third-order valence-electron chi connectivity index (χ3n) is 4.30. The van der Waals surface area contributed by atoms with Crippen LogP contribution in [0.2, 0.25) is 0 Å². The van der Waals surface area contributed by atoms with Gasteiger partial charge in [-0.3, -0.25) is 0 Å². The standard InChI is InChI=1S/C13H22N.C8H18O3S/c1-2-3-4-5-6-8-11-14-12-9-7-10-13-14;1-2-3-4-5-6-7-8-12(9,10)11/h7,9-10,12-13H,2-6,8,11H2,1H3;2-8H2,1H3,(H,9,10,11)/q+1;/p-1. The van der Waals surface area contributed by atoms with E-state index in [0.717, 1.165) is 19.3 Å². The van der Waals surface area contributed by atoms with Crippen molar-refractivity contribution in [3.63, 3.8) is 0 Å². The van der Waals surface area contributed by atoms with Gasteiger partial charge in [-0.15, -0.1) is 0 Å². The molecule has 4 nitrogen and oxygen atoms in total. The summed E-state index contributed by atoms with van der Waals surface area (Å²) in [6.45, 7) is 5.56. The second kappa shape index (κ2) is 17.5. The number of rotatable bonds is 14. The number of hydrogen-bond donors (Lipinski definition) is 0. The molecule has 0 radical (unpaired) electrons. The summed E-state index contributed by atoms with van der Waals surface area (Å²) < 4.78 is 32.8. The lowest BCUT2D eigenvalue weighted by molar-refractivity contribution is -0.697. The van der Waals surface area contributed by atoms with Gasteiger partial charge in [0.05, 0.1) is 10.1 Å². The molecular formula is C21H39NO3S. The number of aryl methyl sites for hydroxylation is 1. The van der Waals surface area contributed by atoms with Gasteiger partial charge in [0.15, 0.2) is 12.4 Å². The van der Waals surface area contributed by atoms with Crippen LogP contribution in [0.3, 0.4) is 0 Å². The van der Waals surface area contributed by atoms with Crippen molar-refractivity contribution in [2.24, 2.45) is 0 Å². The SMILES string of the molecule is CCCCCCCCS(=O)(=O)[O-].CCCCCCCC[n+]1ccccc1. The molecule has 0 amide bonds. The minimum atomic E-state index is -3.97. The van der Waals surface area contributed by atoms with Gasteiger partial charge >= 0.3 is 0 Å². The fourth-order valence-electron chi connectivity index (χ4n) is 2.72. The third kappa shape index (κ3) is 19.4. The first-order chi connectivity index (χ1) is 12.5. The molecular weight excluding hydrogens is 346 g/mol. The average Bonchev–Trinajstić information content (AvgIpc) is 2.62. The largest absolute Gasteiger partial charge is 0.748 e. The summed E-state index contributed by atoms with van der Waals surface area (Å²) in [5.74, 6) is -0.195. The van der Waals surface area contributed by atoms with Crippen molar-refractivity contribution in [2.75, 3.05) is 5.75 Å². The number of nitrogens with zero attached hydrogens (tertiary/aromatic N) is 1. The number of pyridine rings is 1. The van der Waals surface area contributed by atoms with Gasteiger partial charge in [-0.25, -0.2) is 13.0 Å². The average molecular weight is 386 g/mol. The van der Waals surface area contributed by atoms with Crippen molar-refractivity contribution in [1.29, 1.82) is 0 Å². The number of aromatic nitrogens is 1. The zero-order valence-electron chi connectivity index (χ0n) is 16.9. The lowest BCUT2D eigenvalue weighted by Crippen LogP contribution is -2.32. The zero-order valence-corrected chi connectivity index (χ0v) is 17.7. The van der Waals surface area contributed by atoms with E-state index < -0.39 is 10.1 Å². The molecule has 0 unspecified atom stereocenters. The van der Waals surface area contributed by atoms with Crippen LogP contribution in [0, 0.1) is 0 Å². The van der Waals surface area contributed by atoms with E-state index in [1.807, 2.05) is 0 Å². The second-order valence-electron chi connectivity index (χ2n) is 6.91. The highest BCUT2D eigenvalue weighted by atomic mass is 32.2. The maximum Gasteiger partial charge on any atom is 0.168 e. The number of hydrogen-bond acceptors (Lipinski definition) is 3. The van der Waals surface area contributed by atoms with Gasteiger partial charge in [0.25, 0.3) is 0 Å². The Morgan fingerprint density at radius 3 is 1.65 bits per heavy atom. The Kier molecular flexibility index (Phi) is 16.8. The molecule has 1 aromatic heterocycles. The van der Waals surface area contributed by atoms with Crippen molar-refractivity contribution in [1.82, 2.24) is 0 Å². The normalized spacial score (nSPS) is 11.0. The monoisotopic (exact) mass is 385 g/mol. The Bertz CT molecular complexity index is 503. The van der Waals surface area contributed by atoms with E-state index in [2.05, 4.69) is 49.0 Å². The third-order valence-corrected chi connectivity index (χ3v) is 5.08. The quantitative estimate of drug-likeness (QED) is 0.250. The van der Waals surface area contributed by atoms with E-state index in [-0.39, 0.29) is 5.75 Å². The highest BCUT2D eigenvalue weighted by Crippen LogP contribution is 2.06. The predicted octanol–water partition coefficient (Wildman–Crippen LogP) is 5.23. The van der Waals surface area contributed by atoms with Crippen LogP contribution in [-0.4, -0.2) is 18.7 Å². The highest BCUT2D eigenvalue weighted by molar-refractivity contribution is 7.85. The van der Waals surface area contributed by atoms with E-state index in [9.17, 15) is 13.0 Å².